The van der Waals surface area contributed by atoms with Crippen LogP contribution in [0.3, 0.4) is 0 Å². The van der Waals surface area contributed by atoms with Crippen molar-refractivity contribution in [3.63, 3.8) is 0 Å². The number of anilines is 1. The Kier molecular flexibility index (Phi) is 8.69. The molecule has 186 valence electrons. The van der Waals surface area contributed by atoms with Gasteiger partial charge in [-0.1, -0.05) is 6.42 Å². The summed E-state index contributed by atoms with van der Waals surface area (Å²) in [5.41, 5.74) is 2.49. The molecule has 0 radical (unpaired) electrons. The zero-order valence-corrected chi connectivity index (χ0v) is 20.0. The third kappa shape index (κ3) is 6.58. The third-order valence-corrected chi connectivity index (χ3v) is 6.36. The summed E-state index contributed by atoms with van der Waals surface area (Å²) in [4.78, 5) is 27.8. The zero-order valence-electron chi connectivity index (χ0n) is 20.0. The predicted molar refractivity (Wildman–Crippen MR) is 124 cm³/mol. The second-order valence-electron chi connectivity index (χ2n) is 9.46. The minimum Gasteiger partial charge on any atom is -0.475 e. The fourth-order valence-electron chi connectivity index (χ4n) is 4.59. The molecular weight excluding hydrogens is 440 g/mol. The number of hydrogen-bond donors (Lipinski definition) is 2. The molecule has 0 saturated carbocycles. The first-order chi connectivity index (χ1) is 16.2. The lowest BCUT2D eigenvalue weighted by Crippen LogP contribution is -2.35. The Morgan fingerprint density at radius 3 is 2.26 bits per heavy atom. The number of nitrogens with zero attached hydrogens (tertiary/aromatic N) is 4. The molecule has 1 aromatic heterocycles. The average Bonchev–Trinajstić information content (AvgIpc) is 3.33. The van der Waals surface area contributed by atoms with Crippen molar-refractivity contribution in [1.82, 2.24) is 9.88 Å². The van der Waals surface area contributed by atoms with E-state index in [2.05, 4.69) is 29.7 Å². The van der Waals surface area contributed by atoms with E-state index in [0.29, 0.717) is 24.7 Å². The van der Waals surface area contributed by atoms with Gasteiger partial charge in [0.05, 0.1) is 12.2 Å². The topological polar surface area (TPSA) is 136 Å². The molecule has 10 nitrogen and oxygen atoms in total. The molecule has 0 atom stereocenters. The van der Waals surface area contributed by atoms with Gasteiger partial charge in [-0.2, -0.15) is 10.2 Å². The highest BCUT2D eigenvalue weighted by Crippen LogP contribution is 2.39. The summed E-state index contributed by atoms with van der Waals surface area (Å²) in [5.74, 6) is -2.17. The fourth-order valence-corrected chi connectivity index (χ4v) is 4.59. The maximum atomic E-state index is 9.91. The minimum atomic E-state index is -1.82. The van der Waals surface area contributed by atoms with Gasteiger partial charge < -0.3 is 24.6 Å². The van der Waals surface area contributed by atoms with E-state index >= 15 is 0 Å². The van der Waals surface area contributed by atoms with Crippen LogP contribution in [-0.2, 0) is 27.4 Å². The summed E-state index contributed by atoms with van der Waals surface area (Å²) in [6.45, 7) is 10.5. The van der Waals surface area contributed by atoms with Gasteiger partial charge in [0.25, 0.3) is 0 Å². The van der Waals surface area contributed by atoms with Crippen molar-refractivity contribution in [1.29, 1.82) is 5.26 Å². The number of carbonyl (C=O) groups is 2. The Balaban J connectivity index is 0.000000481. The molecule has 2 fully saturated rings. The van der Waals surface area contributed by atoms with Crippen molar-refractivity contribution in [3.05, 3.63) is 16.7 Å². The van der Waals surface area contributed by atoms with Gasteiger partial charge >= 0.3 is 11.9 Å². The molecule has 0 unspecified atom stereocenters. The van der Waals surface area contributed by atoms with E-state index in [1.165, 1.54) is 32.1 Å². The largest absolute Gasteiger partial charge is 0.475 e. The monoisotopic (exact) mass is 474 g/mol. The maximum absolute atomic E-state index is 9.91. The summed E-state index contributed by atoms with van der Waals surface area (Å²) >= 11 is 0. The number of carboxylic acid groups (broad SMARTS) is 2. The van der Waals surface area contributed by atoms with Crippen LogP contribution in [0.1, 0.15) is 62.6 Å². The van der Waals surface area contributed by atoms with Gasteiger partial charge in [-0.25, -0.2) is 9.59 Å². The average molecular weight is 475 g/mol. The van der Waals surface area contributed by atoms with Crippen LogP contribution in [0.2, 0.25) is 0 Å². The second kappa shape index (κ2) is 11.5. The molecule has 34 heavy (non-hydrogen) atoms. The molecule has 4 rings (SSSR count). The predicted octanol–water partition coefficient (Wildman–Crippen LogP) is 2.43. The van der Waals surface area contributed by atoms with Gasteiger partial charge in [0.1, 0.15) is 24.1 Å². The first kappa shape index (κ1) is 25.7. The number of nitriles is 1. The quantitative estimate of drug-likeness (QED) is 0.612. The van der Waals surface area contributed by atoms with Gasteiger partial charge in [0.2, 0.25) is 5.88 Å². The molecule has 3 aliphatic heterocycles. The lowest BCUT2D eigenvalue weighted by atomic mass is 9.89. The van der Waals surface area contributed by atoms with Crippen molar-refractivity contribution in [3.8, 4) is 11.9 Å². The van der Waals surface area contributed by atoms with E-state index in [1.807, 2.05) is 0 Å². The van der Waals surface area contributed by atoms with Crippen LogP contribution >= 0.6 is 0 Å². The lowest BCUT2D eigenvalue weighted by molar-refractivity contribution is -0.159. The Labute approximate surface area is 200 Å². The lowest BCUT2D eigenvalue weighted by Gasteiger charge is -2.35. The number of rotatable bonds is 5. The molecule has 0 aromatic carbocycles. The van der Waals surface area contributed by atoms with Crippen LogP contribution < -0.4 is 9.64 Å². The number of hydrogen-bond acceptors (Lipinski definition) is 8. The van der Waals surface area contributed by atoms with E-state index in [9.17, 15) is 5.26 Å². The number of carboxylic acids is 2. The van der Waals surface area contributed by atoms with Gasteiger partial charge in [-0.05, 0) is 58.2 Å². The van der Waals surface area contributed by atoms with Gasteiger partial charge in [0, 0.05) is 31.6 Å². The molecule has 0 aliphatic carbocycles. The number of piperidine rings is 1. The molecular formula is C24H34N4O6. The van der Waals surface area contributed by atoms with Gasteiger partial charge in [-0.15, -0.1) is 0 Å². The molecule has 10 heteroatoms. The fraction of sp³-hybridized carbons (Fsp3) is 0.667. The first-order valence-electron chi connectivity index (χ1n) is 11.9. The molecule has 4 heterocycles. The highest BCUT2D eigenvalue weighted by Gasteiger charge is 2.34. The van der Waals surface area contributed by atoms with E-state index in [0.717, 1.165) is 56.1 Å². The van der Waals surface area contributed by atoms with Gasteiger partial charge in [0.15, 0.2) is 0 Å². The van der Waals surface area contributed by atoms with Crippen molar-refractivity contribution in [2.24, 2.45) is 0 Å². The van der Waals surface area contributed by atoms with E-state index < -0.39 is 11.9 Å². The molecule has 2 N–H and O–H groups in total. The van der Waals surface area contributed by atoms with E-state index in [4.69, 9.17) is 34.3 Å². The Morgan fingerprint density at radius 2 is 1.68 bits per heavy atom. The number of ether oxygens (including phenoxy) is 2. The number of likely N-dealkylation sites (tertiary alicyclic amines) is 1. The van der Waals surface area contributed by atoms with Crippen LogP contribution in [0.5, 0.6) is 5.88 Å². The molecule has 0 bridgehead atoms. The van der Waals surface area contributed by atoms with Crippen molar-refractivity contribution in [2.75, 3.05) is 44.2 Å². The Hall–Kier alpha value is -2.90. The van der Waals surface area contributed by atoms with Crippen LogP contribution in [0.25, 0.3) is 0 Å². The number of aliphatic carboxylic acids is 2. The minimum absolute atomic E-state index is 0.271. The molecule has 0 spiro atoms. The second-order valence-corrected chi connectivity index (χ2v) is 9.46. The van der Waals surface area contributed by atoms with Crippen molar-refractivity contribution < 1.29 is 29.3 Å². The Morgan fingerprint density at radius 1 is 1.06 bits per heavy atom. The molecule has 3 aliphatic rings. The molecule has 0 amide bonds. The molecule has 1 aromatic rings. The standard InChI is InChI=1S/C22H32N4O2.C2H2O4/c1-22(2)14-17-18(15-23)21(27-13-12-25-8-4-3-5-9-25)24-20(19(17)16-28-22)26-10-6-7-11-26;3-1(4)2(5)6/h3-14,16H2,1-2H3;(H,3,4)(H,5,6). The third-order valence-electron chi connectivity index (χ3n) is 6.36. The normalized spacial score (nSPS) is 19.4. The van der Waals surface area contributed by atoms with Crippen LogP contribution in [0.15, 0.2) is 0 Å². The summed E-state index contributed by atoms with van der Waals surface area (Å²) < 4.78 is 12.2. The molecule has 2 saturated heterocycles. The summed E-state index contributed by atoms with van der Waals surface area (Å²) in [6, 6.07) is 2.39. The van der Waals surface area contributed by atoms with Crippen LogP contribution in [0.4, 0.5) is 5.82 Å². The highest BCUT2D eigenvalue weighted by atomic mass is 16.5. The summed E-state index contributed by atoms with van der Waals surface area (Å²) in [5, 5.41) is 24.7. The number of aromatic nitrogens is 1. The number of fused-ring (bicyclic) bond motifs is 1. The SMILES string of the molecule is CC1(C)Cc2c(C#N)c(OCCN3CCCCC3)nc(N3CCCC3)c2CO1.O=C(O)C(=O)O. The van der Waals surface area contributed by atoms with Crippen LogP contribution in [-0.4, -0.2) is 77.0 Å². The number of pyridine rings is 1. The summed E-state index contributed by atoms with van der Waals surface area (Å²) in [6.07, 6.45) is 6.97. The highest BCUT2D eigenvalue weighted by molar-refractivity contribution is 6.27. The van der Waals surface area contributed by atoms with E-state index in [-0.39, 0.29) is 5.60 Å². The van der Waals surface area contributed by atoms with Crippen molar-refractivity contribution in [2.45, 2.75) is 64.6 Å². The smallest absolute Gasteiger partial charge is 0.414 e. The summed E-state index contributed by atoms with van der Waals surface area (Å²) in [7, 11) is 0. The van der Waals surface area contributed by atoms with Gasteiger partial charge in [-0.3, -0.25) is 4.90 Å². The van der Waals surface area contributed by atoms with E-state index in [1.54, 1.807) is 0 Å². The first-order valence-corrected chi connectivity index (χ1v) is 11.9. The maximum Gasteiger partial charge on any atom is 0.414 e. The van der Waals surface area contributed by atoms with Crippen molar-refractivity contribution >= 4 is 17.8 Å². The zero-order chi connectivity index (χ0) is 24.7. The van der Waals surface area contributed by atoms with Crippen LogP contribution in [0, 0.1) is 11.3 Å². The Bertz CT molecular complexity index is 918.